The molecule has 0 bridgehead atoms. The molecule has 0 fully saturated rings. The summed E-state index contributed by atoms with van der Waals surface area (Å²) < 4.78 is 2.53. The van der Waals surface area contributed by atoms with E-state index in [1.54, 1.807) is 0 Å². The van der Waals surface area contributed by atoms with Gasteiger partial charge < -0.3 is 0 Å². The third kappa shape index (κ3) is 4.68. The van der Waals surface area contributed by atoms with Crippen LogP contribution in [0.25, 0.3) is 97.8 Å². The lowest BCUT2D eigenvalue weighted by Crippen LogP contribution is -2.00. The van der Waals surface area contributed by atoms with Crippen molar-refractivity contribution in [2.45, 2.75) is 0 Å². The average molecular weight is 642 g/mol. The van der Waals surface area contributed by atoms with Crippen molar-refractivity contribution in [3.05, 3.63) is 164 Å². The fourth-order valence-electron chi connectivity index (χ4n) is 7.15. The lowest BCUT2D eigenvalue weighted by atomic mass is 9.92. The summed E-state index contributed by atoms with van der Waals surface area (Å²) in [6.07, 6.45) is 0. The normalized spacial score (nSPS) is 11.7. The maximum Gasteiger partial charge on any atom is 0.164 e. The Morgan fingerprint density at radius 3 is 1.67 bits per heavy atom. The van der Waals surface area contributed by atoms with Gasteiger partial charge in [0, 0.05) is 36.9 Å². The fraction of sp³-hybridized carbons (Fsp3) is 0. The van der Waals surface area contributed by atoms with E-state index in [1.165, 1.54) is 47.5 Å². The quantitative estimate of drug-likeness (QED) is 0.192. The van der Waals surface area contributed by atoms with E-state index in [2.05, 4.69) is 164 Å². The van der Waals surface area contributed by atoms with Crippen LogP contribution in [0.4, 0.5) is 0 Å². The van der Waals surface area contributed by atoms with Crippen molar-refractivity contribution in [1.82, 2.24) is 15.0 Å². The van der Waals surface area contributed by atoms with Gasteiger partial charge in [0.25, 0.3) is 0 Å². The van der Waals surface area contributed by atoms with Crippen LogP contribution in [0, 0.1) is 0 Å². The van der Waals surface area contributed by atoms with Crippen molar-refractivity contribution in [2.24, 2.45) is 0 Å². The molecule has 0 N–H and O–H groups in total. The van der Waals surface area contributed by atoms with Gasteiger partial charge in [0.15, 0.2) is 17.5 Å². The van der Waals surface area contributed by atoms with Crippen LogP contribution in [0.5, 0.6) is 0 Å². The average Bonchev–Trinajstić information content (AvgIpc) is 3.55. The zero-order valence-electron chi connectivity index (χ0n) is 26.3. The monoisotopic (exact) mass is 641 g/mol. The Morgan fingerprint density at radius 2 is 0.837 bits per heavy atom. The molecule has 2 heterocycles. The smallest absolute Gasteiger partial charge is 0.164 e. The van der Waals surface area contributed by atoms with E-state index in [0.717, 1.165) is 32.8 Å². The zero-order valence-corrected chi connectivity index (χ0v) is 27.2. The summed E-state index contributed by atoms with van der Waals surface area (Å²) in [5, 5.41) is 9.54. The number of hydrogen-bond acceptors (Lipinski definition) is 4. The highest BCUT2D eigenvalue weighted by Gasteiger charge is 2.17. The van der Waals surface area contributed by atoms with Gasteiger partial charge in [-0.15, -0.1) is 11.3 Å². The molecule has 0 aliphatic carbocycles. The van der Waals surface area contributed by atoms with Gasteiger partial charge in [-0.3, -0.25) is 0 Å². The van der Waals surface area contributed by atoms with Crippen LogP contribution in [0.1, 0.15) is 0 Å². The molecule has 0 saturated carbocycles. The van der Waals surface area contributed by atoms with Crippen molar-refractivity contribution in [2.75, 3.05) is 0 Å². The van der Waals surface area contributed by atoms with Crippen molar-refractivity contribution >= 4 is 63.8 Å². The number of nitrogens with zero attached hydrogens (tertiary/aromatic N) is 3. The number of aromatic nitrogens is 3. The van der Waals surface area contributed by atoms with E-state index < -0.39 is 0 Å². The lowest BCUT2D eigenvalue weighted by Gasteiger charge is -2.14. The summed E-state index contributed by atoms with van der Waals surface area (Å²) in [7, 11) is 0. The third-order valence-corrected chi connectivity index (χ3v) is 10.7. The number of benzene rings is 8. The fourth-order valence-corrected chi connectivity index (χ4v) is 8.23. The minimum absolute atomic E-state index is 0.656. The largest absolute Gasteiger partial charge is 0.208 e. The molecule has 3 nitrogen and oxygen atoms in total. The van der Waals surface area contributed by atoms with Crippen LogP contribution in [0.3, 0.4) is 0 Å². The molecule has 0 amide bonds. The first-order valence-corrected chi connectivity index (χ1v) is 17.3. The maximum absolute atomic E-state index is 5.22. The Hall–Kier alpha value is -6.23. The Morgan fingerprint density at radius 1 is 0.306 bits per heavy atom. The Kier molecular flexibility index (Phi) is 6.36. The number of fused-ring (bicyclic) bond motifs is 6. The summed E-state index contributed by atoms with van der Waals surface area (Å²) in [5.41, 5.74) is 5.31. The molecule has 0 radical (unpaired) electrons. The second-order valence-electron chi connectivity index (χ2n) is 12.4. The standard InChI is InChI=1S/C45H27N3S/c1-2-12-30-26-31(23-22-28(30)10-1)43-46-44(32-24-25-42-40(27-32)38-15-5-6-21-41(38)49-42)48-45(47-43)39-20-9-18-36-35(17-8-19-37(36)39)34-16-7-13-29-11-3-4-14-33(29)34/h1-27H. The van der Waals surface area contributed by atoms with Gasteiger partial charge in [-0.1, -0.05) is 133 Å². The van der Waals surface area contributed by atoms with E-state index in [4.69, 9.17) is 15.0 Å². The molecular weight excluding hydrogens is 615 g/mol. The van der Waals surface area contributed by atoms with Crippen LogP contribution < -0.4 is 0 Å². The van der Waals surface area contributed by atoms with Crippen LogP contribution in [-0.4, -0.2) is 15.0 Å². The van der Waals surface area contributed by atoms with Crippen molar-refractivity contribution in [1.29, 1.82) is 0 Å². The van der Waals surface area contributed by atoms with Gasteiger partial charge in [0.2, 0.25) is 0 Å². The SMILES string of the molecule is c1ccc2cc(-c3nc(-c4ccc5sc6ccccc6c5c4)nc(-c4cccc5c(-c6cccc7ccccc67)cccc45)n3)ccc2c1. The second kappa shape index (κ2) is 11.2. The summed E-state index contributed by atoms with van der Waals surface area (Å²) in [5.74, 6) is 1.97. The number of rotatable bonds is 4. The first-order chi connectivity index (χ1) is 24.3. The van der Waals surface area contributed by atoms with Gasteiger partial charge in [-0.25, -0.2) is 15.0 Å². The Balaban J connectivity index is 1.21. The molecule has 2 aromatic heterocycles. The molecule has 10 aromatic rings. The molecule has 228 valence electrons. The van der Waals surface area contributed by atoms with Crippen LogP contribution in [0.2, 0.25) is 0 Å². The minimum Gasteiger partial charge on any atom is -0.208 e. The predicted molar refractivity (Wildman–Crippen MR) is 207 cm³/mol. The molecule has 0 aliphatic heterocycles. The first kappa shape index (κ1) is 27.8. The van der Waals surface area contributed by atoms with E-state index in [9.17, 15) is 0 Å². The summed E-state index contributed by atoms with van der Waals surface area (Å²) in [6.45, 7) is 0. The molecule has 0 atom stereocenters. The van der Waals surface area contributed by atoms with Crippen LogP contribution in [-0.2, 0) is 0 Å². The van der Waals surface area contributed by atoms with Gasteiger partial charge in [0.05, 0.1) is 0 Å². The van der Waals surface area contributed by atoms with Gasteiger partial charge >= 0.3 is 0 Å². The van der Waals surface area contributed by atoms with Crippen LogP contribution >= 0.6 is 11.3 Å². The highest BCUT2D eigenvalue weighted by atomic mass is 32.1. The Bertz CT molecular complexity index is 2900. The Labute approximate surface area is 286 Å². The molecule has 4 heteroatoms. The van der Waals surface area contributed by atoms with Gasteiger partial charge in [-0.05, 0) is 73.8 Å². The summed E-state index contributed by atoms with van der Waals surface area (Å²) in [4.78, 5) is 15.5. The molecule has 0 saturated heterocycles. The van der Waals surface area contributed by atoms with Crippen molar-refractivity contribution in [3.8, 4) is 45.3 Å². The molecular formula is C45H27N3S. The highest BCUT2D eigenvalue weighted by molar-refractivity contribution is 7.25. The van der Waals surface area contributed by atoms with Crippen molar-refractivity contribution in [3.63, 3.8) is 0 Å². The predicted octanol–water partition coefficient (Wildman–Crippen LogP) is 12.4. The number of hydrogen-bond donors (Lipinski definition) is 0. The zero-order chi connectivity index (χ0) is 32.3. The van der Waals surface area contributed by atoms with Crippen molar-refractivity contribution < 1.29 is 0 Å². The third-order valence-electron chi connectivity index (χ3n) is 9.52. The summed E-state index contributed by atoms with van der Waals surface area (Å²) >= 11 is 1.81. The molecule has 8 aromatic carbocycles. The van der Waals surface area contributed by atoms with E-state index in [-0.39, 0.29) is 0 Å². The first-order valence-electron chi connectivity index (χ1n) is 16.4. The van der Waals surface area contributed by atoms with E-state index in [0.29, 0.717) is 17.5 Å². The van der Waals surface area contributed by atoms with E-state index in [1.807, 2.05) is 11.3 Å². The topological polar surface area (TPSA) is 38.7 Å². The molecule has 49 heavy (non-hydrogen) atoms. The lowest BCUT2D eigenvalue weighted by molar-refractivity contribution is 1.08. The summed E-state index contributed by atoms with van der Waals surface area (Å²) in [6, 6.07) is 58.1. The molecule has 10 rings (SSSR count). The second-order valence-corrected chi connectivity index (χ2v) is 13.5. The maximum atomic E-state index is 5.22. The number of thiophene rings is 1. The van der Waals surface area contributed by atoms with Crippen LogP contribution in [0.15, 0.2) is 164 Å². The molecule has 0 spiro atoms. The van der Waals surface area contributed by atoms with Gasteiger partial charge in [0.1, 0.15) is 0 Å². The van der Waals surface area contributed by atoms with Gasteiger partial charge in [-0.2, -0.15) is 0 Å². The molecule has 0 unspecified atom stereocenters. The van der Waals surface area contributed by atoms with E-state index >= 15 is 0 Å². The molecule has 0 aliphatic rings. The minimum atomic E-state index is 0.656. The highest BCUT2D eigenvalue weighted by Crippen LogP contribution is 2.39.